The maximum atomic E-state index is 10.4. The van der Waals surface area contributed by atoms with Crippen molar-refractivity contribution in [3.8, 4) is 0 Å². The van der Waals surface area contributed by atoms with Crippen LogP contribution in [0, 0.1) is 0 Å². The van der Waals surface area contributed by atoms with Crippen molar-refractivity contribution in [3.63, 3.8) is 0 Å². The van der Waals surface area contributed by atoms with Crippen LogP contribution in [0.25, 0.3) is 0 Å². The van der Waals surface area contributed by atoms with Crippen LogP contribution < -0.4 is 0 Å². The van der Waals surface area contributed by atoms with E-state index < -0.39 is 23.9 Å². The van der Waals surface area contributed by atoms with E-state index in [1.165, 1.54) is 69.9 Å². The van der Waals surface area contributed by atoms with Crippen molar-refractivity contribution in [1.29, 1.82) is 0 Å². The molecule has 0 spiro atoms. The Hall–Kier alpha value is -0.680. The molecule has 1 aliphatic carbocycles. The van der Waals surface area contributed by atoms with E-state index in [1.54, 1.807) is 0 Å². The molecule has 0 amide bonds. The summed E-state index contributed by atoms with van der Waals surface area (Å²) in [5.74, 6) is 0. The average Bonchev–Trinajstić information content (AvgIpc) is 2.62. The molecule has 4 heteroatoms. The fourth-order valence-electron chi connectivity index (χ4n) is 3.72. The third kappa shape index (κ3) is 11.7. The Balaban J connectivity index is 1.97. The summed E-state index contributed by atoms with van der Waals surface area (Å²) >= 11 is 0. The molecule has 0 bridgehead atoms. The molecule has 0 fully saturated rings. The molecule has 1 rings (SSSR count). The Morgan fingerprint density at radius 1 is 0.963 bits per heavy atom. The molecule has 0 heterocycles. The second-order valence-corrected chi connectivity index (χ2v) is 8.25. The van der Waals surface area contributed by atoms with Gasteiger partial charge in [-0.05, 0) is 32.1 Å². The summed E-state index contributed by atoms with van der Waals surface area (Å²) in [4.78, 5) is 0. The first kappa shape index (κ1) is 24.4. The molecular weight excluding hydrogens is 340 g/mol. The van der Waals surface area contributed by atoms with Crippen LogP contribution in [-0.4, -0.2) is 44.3 Å². The normalized spacial score (nSPS) is 26.7. The quantitative estimate of drug-likeness (QED) is 0.250. The lowest BCUT2D eigenvalue weighted by atomic mass is 9.83. The fourth-order valence-corrected chi connectivity index (χ4v) is 3.72. The number of aliphatic hydroxyl groups is 4. The van der Waals surface area contributed by atoms with Crippen molar-refractivity contribution in [2.24, 2.45) is 0 Å². The summed E-state index contributed by atoms with van der Waals surface area (Å²) < 4.78 is 0. The molecule has 4 nitrogen and oxygen atoms in total. The minimum atomic E-state index is -1.21. The van der Waals surface area contributed by atoms with Crippen molar-refractivity contribution in [2.45, 2.75) is 121 Å². The number of rotatable bonds is 15. The van der Waals surface area contributed by atoms with Gasteiger partial charge >= 0.3 is 0 Å². The van der Waals surface area contributed by atoms with Gasteiger partial charge in [0.1, 0.15) is 0 Å². The molecule has 27 heavy (non-hydrogen) atoms. The zero-order valence-corrected chi connectivity index (χ0v) is 17.2. The number of hydrogen-bond donors (Lipinski definition) is 4. The minimum absolute atomic E-state index is 0.0772. The third-order valence-corrected chi connectivity index (χ3v) is 5.45. The highest BCUT2D eigenvalue weighted by Gasteiger charge is 2.35. The summed E-state index contributed by atoms with van der Waals surface area (Å²) in [5.41, 5.74) is -1.21. The maximum Gasteiger partial charge on any atom is 0.0982 e. The Kier molecular flexibility index (Phi) is 12.9. The van der Waals surface area contributed by atoms with Gasteiger partial charge in [-0.15, -0.1) is 0 Å². The zero-order chi connectivity index (χ0) is 20.0. The van der Waals surface area contributed by atoms with Crippen LogP contribution in [0.1, 0.15) is 96.8 Å². The van der Waals surface area contributed by atoms with Crippen LogP contribution in [0.15, 0.2) is 24.3 Å². The summed E-state index contributed by atoms with van der Waals surface area (Å²) in [6.07, 6.45) is 19.5. The van der Waals surface area contributed by atoms with Gasteiger partial charge in [-0.2, -0.15) is 0 Å². The van der Waals surface area contributed by atoms with Crippen LogP contribution in [-0.2, 0) is 0 Å². The predicted molar refractivity (Wildman–Crippen MR) is 112 cm³/mol. The molecule has 0 aromatic carbocycles. The first-order chi connectivity index (χ1) is 13.0. The Bertz CT molecular complexity index is 421. The molecule has 0 aromatic heterocycles. The van der Waals surface area contributed by atoms with Crippen molar-refractivity contribution in [2.75, 3.05) is 0 Å². The van der Waals surface area contributed by atoms with Gasteiger partial charge < -0.3 is 20.4 Å². The van der Waals surface area contributed by atoms with Gasteiger partial charge in [-0.1, -0.05) is 76.2 Å². The van der Waals surface area contributed by atoms with Crippen molar-refractivity contribution in [3.05, 3.63) is 24.3 Å². The monoisotopic (exact) mass is 382 g/mol. The lowest BCUT2D eigenvalue weighted by Gasteiger charge is -2.34. The van der Waals surface area contributed by atoms with E-state index in [4.69, 9.17) is 0 Å². The Morgan fingerprint density at radius 3 is 2.19 bits per heavy atom. The lowest BCUT2D eigenvalue weighted by Crippen LogP contribution is -2.42. The highest BCUT2D eigenvalue weighted by molar-refractivity contribution is 5.11. The number of hydrogen-bond acceptors (Lipinski definition) is 4. The van der Waals surface area contributed by atoms with Crippen molar-refractivity contribution in [1.82, 2.24) is 0 Å². The summed E-state index contributed by atoms with van der Waals surface area (Å²) in [7, 11) is 0. The number of aliphatic hydroxyl groups excluding tert-OH is 3. The molecule has 0 aromatic rings. The second-order valence-electron chi connectivity index (χ2n) is 8.25. The second kappa shape index (κ2) is 14.3. The molecule has 4 N–H and O–H groups in total. The first-order valence-corrected chi connectivity index (χ1v) is 11.1. The molecule has 1 unspecified atom stereocenters. The summed E-state index contributed by atoms with van der Waals surface area (Å²) in [5, 5.41) is 39.7. The topological polar surface area (TPSA) is 80.9 Å². The van der Waals surface area contributed by atoms with Gasteiger partial charge in [-0.25, -0.2) is 0 Å². The van der Waals surface area contributed by atoms with Crippen molar-refractivity contribution < 1.29 is 20.4 Å². The molecule has 0 saturated carbocycles. The highest BCUT2D eigenvalue weighted by atomic mass is 16.3. The van der Waals surface area contributed by atoms with Gasteiger partial charge in [0, 0.05) is 12.8 Å². The van der Waals surface area contributed by atoms with Crippen LogP contribution in [0.2, 0.25) is 0 Å². The molecule has 0 saturated heterocycles. The van der Waals surface area contributed by atoms with Crippen LogP contribution in [0.5, 0.6) is 0 Å². The van der Waals surface area contributed by atoms with Gasteiger partial charge in [-0.3, -0.25) is 0 Å². The van der Waals surface area contributed by atoms with E-state index in [0.29, 0.717) is 6.42 Å². The molecule has 4 atom stereocenters. The molecule has 158 valence electrons. The minimum Gasteiger partial charge on any atom is -0.393 e. The largest absolute Gasteiger partial charge is 0.393 e. The first-order valence-electron chi connectivity index (χ1n) is 11.1. The van der Waals surface area contributed by atoms with E-state index in [2.05, 4.69) is 19.1 Å². The summed E-state index contributed by atoms with van der Waals surface area (Å²) in [6.45, 7) is 2.24. The molecular formula is C23H42O4. The summed E-state index contributed by atoms with van der Waals surface area (Å²) in [6, 6.07) is 0. The molecule has 1 aliphatic rings. The molecule has 0 aliphatic heterocycles. The average molecular weight is 383 g/mol. The Labute approximate surface area is 166 Å². The fraction of sp³-hybridized carbons (Fsp3) is 0.826. The Morgan fingerprint density at radius 2 is 1.56 bits per heavy atom. The van der Waals surface area contributed by atoms with Gasteiger partial charge in [0.15, 0.2) is 0 Å². The van der Waals surface area contributed by atoms with E-state index in [0.717, 1.165) is 12.8 Å². The van der Waals surface area contributed by atoms with E-state index in [1.807, 2.05) is 0 Å². The van der Waals surface area contributed by atoms with E-state index in [-0.39, 0.29) is 12.8 Å². The standard InChI is InChI=1S/C23H42O4/c1-2-3-4-5-6-7-8-9-10-11-12-13-14-15-20(24)18-23(27)17-16-21(25)22(26)19-23/h7-8,16-17,20-22,24-27H,2-6,9-15,18-19H2,1H3/b8-7-/t20?,21-,22+,23-/m1/s1. The zero-order valence-electron chi connectivity index (χ0n) is 17.2. The van der Waals surface area contributed by atoms with Crippen molar-refractivity contribution >= 4 is 0 Å². The third-order valence-electron chi connectivity index (χ3n) is 5.45. The smallest absolute Gasteiger partial charge is 0.0982 e. The van der Waals surface area contributed by atoms with Gasteiger partial charge in [0.2, 0.25) is 0 Å². The highest BCUT2D eigenvalue weighted by Crippen LogP contribution is 2.28. The molecule has 0 radical (unpaired) electrons. The van der Waals surface area contributed by atoms with E-state index >= 15 is 0 Å². The lowest BCUT2D eigenvalue weighted by molar-refractivity contribution is -0.0516. The van der Waals surface area contributed by atoms with Crippen LogP contribution in [0.3, 0.4) is 0 Å². The number of unbranched alkanes of at least 4 members (excludes halogenated alkanes) is 9. The maximum absolute atomic E-state index is 10.4. The van der Waals surface area contributed by atoms with Crippen LogP contribution >= 0.6 is 0 Å². The SMILES string of the molecule is CCCCCC/C=C\CCCCCCCC(O)C[C@]1(O)C=C[C@@H](O)[C@@H](O)C1. The van der Waals surface area contributed by atoms with Gasteiger partial charge in [0.05, 0.1) is 23.9 Å². The van der Waals surface area contributed by atoms with Gasteiger partial charge in [0.25, 0.3) is 0 Å². The number of allylic oxidation sites excluding steroid dienone is 2. The van der Waals surface area contributed by atoms with E-state index in [9.17, 15) is 20.4 Å². The van der Waals surface area contributed by atoms with Crippen LogP contribution in [0.4, 0.5) is 0 Å². The predicted octanol–water partition coefficient (Wildman–Crippen LogP) is 4.41.